The van der Waals surface area contributed by atoms with E-state index in [9.17, 15) is 9.90 Å². The van der Waals surface area contributed by atoms with Crippen LogP contribution in [0, 0.1) is 6.92 Å². The van der Waals surface area contributed by atoms with E-state index < -0.39 is 0 Å². The number of nitrogens with one attached hydrogen (secondary N) is 1. The molecule has 0 aromatic heterocycles. The topological polar surface area (TPSA) is 49.3 Å². The molecule has 2 aromatic rings. The van der Waals surface area contributed by atoms with Crippen molar-refractivity contribution in [3.8, 4) is 0 Å². The molecule has 21 heavy (non-hydrogen) atoms. The summed E-state index contributed by atoms with van der Waals surface area (Å²) in [6, 6.07) is 14.8. The maximum absolute atomic E-state index is 12.5. The minimum Gasteiger partial charge on any atom is -0.504 e. The first-order valence-corrected chi connectivity index (χ1v) is 6.83. The first kappa shape index (κ1) is 14.9. The number of ketones is 1. The predicted molar refractivity (Wildman–Crippen MR) is 86.7 cm³/mol. The summed E-state index contributed by atoms with van der Waals surface area (Å²) in [5.74, 6) is -0.557. The molecule has 0 spiro atoms. The van der Waals surface area contributed by atoms with Crippen molar-refractivity contribution >= 4 is 17.0 Å². The van der Waals surface area contributed by atoms with Gasteiger partial charge in [-0.3, -0.25) is 4.79 Å². The summed E-state index contributed by atoms with van der Waals surface area (Å²) in [6.07, 6.45) is 0. The molecule has 2 rings (SSSR count). The summed E-state index contributed by atoms with van der Waals surface area (Å²) >= 11 is 0. The van der Waals surface area contributed by atoms with Crippen LogP contribution >= 0.6 is 0 Å². The highest BCUT2D eigenvalue weighted by Crippen LogP contribution is 2.22. The summed E-state index contributed by atoms with van der Waals surface area (Å²) < 4.78 is 0. The van der Waals surface area contributed by atoms with Crippen LogP contribution < -0.4 is 5.32 Å². The Morgan fingerprint density at radius 2 is 1.76 bits per heavy atom. The van der Waals surface area contributed by atoms with Crippen molar-refractivity contribution in [2.24, 2.45) is 0 Å². The highest BCUT2D eigenvalue weighted by Gasteiger charge is 2.17. The second kappa shape index (κ2) is 6.27. The van der Waals surface area contributed by atoms with Gasteiger partial charge in [-0.2, -0.15) is 0 Å². The Morgan fingerprint density at radius 3 is 2.33 bits per heavy atom. The lowest BCUT2D eigenvalue weighted by Crippen LogP contribution is -2.07. The standard InChI is InChI=1S/C18H19NO2/c1-12-11-15(19-3)9-10-16(12)18(21)17(20)13(2)14-7-5-4-6-8-14/h4-11,19-20H,1-3H3/b17-13-. The average Bonchev–Trinajstić information content (AvgIpc) is 2.53. The number of carbonyl (C=O) groups excluding carboxylic acids is 1. The SMILES string of the molecule is CNc1ccc(C(=O)/C(O)=C(\C)c2ccccc2)c(C)c1. The number of rotatable bonds is 4. The van der Waals surface area contributed by atoms with Gasteiger partial charge in [-0.1, -0.05) is 30.3 Å². The molecule has 108 valence electrons. The van der Waals surface area contributed by atoms with Gasteiger partial charge in [0.2, 0.25) is 5.78 Å². The van der Waals surface area contributed by atoms with Gasteiger partial charge in [-0.25, -0.2) is 0 Å². The number of benzene rings is 2. The zero-order chi connectivity index (χ0) is 15.4. The molecule has 0 atom stereocenters. The third kappa shape index (κ3) is 3.14. The fourth-order valence-corrected chi connectivity index (χ4v) is 2.20. The first-order chi connectivity index (χ1) is 10.0. The molecule has 0 aliphatic carbocycles. The Hall–Kier alpha value is -2.55. The molecule has 0 amide bonds. The molecular formula is C18H19NO2. The molecule has 0 saturated carbocycles. The van der Waals surface area contributed by atoms with Gasteiger partial charge in [0, 0.05) is 23.9 Å². The van der Waals surface area contributed by atoms with Gasteiger partial charge in [-0.05, 0) is 43.2 Å². The van der Waals surface area contributed by atoms with Gasteiger partial charge < -0.3 is 10.4 Å². The van der Waals surface area contributed by atoms with Crippen LogP contribution in [0.15, 0.2) is 54.3 Å². The number of anilines is 1. The van der Waals surface area contributed by atoms with Crippen molar-refractivity contribution in [3.05, 3.63) is 71.0 Å². The number of hydrogen-bond acceptors (Lipinski definition) is 3. The molecule has 0 aliphatic heterocycles. The van der Waals surface area contributed by atoms with E-state index in [1.807, 2.05) is 56.4 Å². The van der Waals surface area contributed by atoms with Crippen molar-refractivity contribution in [1.29, 1.82) is 0 Å². The van der Waals surface area contributed by atoms with E-state index in [0.717, 1.165) is 16.8 Å². The first-order valence-electron chi connectivity index (χ1n) is 6.83. The Labute approximate surface area is 124 Å². The second-order valence-electron chi connectivity index (χ2n) is 4.95. The number of carbonyl (C=O) groups is 1. The van der Waals surface area contributed by atoms with Crippen LogP contribution in [0.2, 0.25) is 0 Å². The van der Waals surface area contributed by atoms with Crippen molar-refractivity contribution in [2.45, 2.75) is 13.8 Å². The maximum atomic E-state index is 12.5. The molecule has 3 heteroatoms. The zero-order valence-electron chi connectivity index (χ0n) is 12.5. The van der Waals surface area contributed by atoms with Crippen LogP contribution in [0.4, 0.5) is 5.69 Å². The van der Waals surface area contributed by atoms with Crippen LogP contribution in [-0.2, 0) is 0 Å². The number of aryl methyl sites for hydroxylation is 1. The van der Waals surface area contributed by atoms with Gasteiger partial charge in [0.25, 0.3) is 0 Å². The molecular weight excluding hydrogens is 262 g/mol. The largest absolute Gasteiger partial charge is 0.504 e. The zero-order valence-corrected chi connectivity index (χ0v) is 12.5. The molecule has 0 saturated heterocycles. The number of aliphatic hydroxyl groups excluding tert-OH is 1. The number of aliphatic hydroxyl groups is 1. The van der Waals surface area contributed by atoms with E-state index in [1.54, 1.807) is 13.0 Å². The van der Waals surface area contributed by atoms with E-state index in [0.29, 0.717) is 11.1 Å². The van der Waals surface area contributed by atoms with Crippen LogP contribution in [0.5, 0.6) is 0 Å². The molecule has 0 radical (unpaired) electrons. The maximum Gasteiger partial charge on any atom is 0.227 e. The van der Waals surface area contributed by atoms with E-state index in [-0.39, 0.29) is 11.5 Å². The Balaban J connectivity index is 2.40. The molecule has 2 N–H and O–H groups in total. The summed E-state index contributed by atoms with van der Waals surface area (Å²) in [5, 5.41) is 13.3. The molecule has 0 unspecified atom stereocenters. The van der Waals surface area contributed by atoms with Crippen LogP contribution in [0.3, 0.4) is 0 Å². The lowest BCUT2D eigenvalue weighted by atomic mass is 9.98. The van der Waals surface area contributed by atoms with Crippen molar-refractivity contribution < 1.29 is 9.90 Å². The lowest BCUT2D eigenvalue weighted by molar-refractivity contribution is 0.0978. The Kier molecular flexibility index (Phi) is 4.43. The number of allylic oxidation sites excluding steroid dienone is 2. The van der Waals surface area contributed by atoms with Crippen molar-refractivity contribution in [3.63, 3.8) is 0 Å². The predicted octanol–water partition coefficient (Wildman–Crippen LogP) is 4.21. The van der Waals surface area contributed by atoms with E-state index in [1.165, 1.54) is 0 Å². The van der Waals surface area contributed by atoms with E-state index in [2.05, 4.69) is 5.32 Å². The molecule has 0 bridgehead atoms. The highest BCUT2D eigenvalue weighted by atomic mass is 16.3. The van der Waals surface area contributed by atoms with Crippen molar-refractivity contribution in [1.82, 2.24) is 0 Å². The lowest BCUT2D eigenvalue weighted by Gasteiger charge is -2.09. The van der Waals surface area contributed by atoms with E-state index in [4.69, 9.17) is 0 Å². The van der Waals surface area contributed by atoms with E-state index >= 15 is 0 Å². The molecule has 0 heterocycles. The fraction of sp³-hybridized carbons (Fsp3) is 0.167. The fourth-order valence-electron chi connectivity index (χ4n) is 2.20. The Bertz CT molecular complexity index is 688. The molecule has 2 aromatic carbocycles. The normalized spacial score (nSPS) is 11.8. The van der Waals surface area contributed by atoms with Crippen LogP contribution in [0.25, 0.3) is 5.57 Å². The molecule has 0 aliphatic rings. The van der Waals surface area contributed by atoms with Gasteiger partial charge >= 0.3 is 0 Å². The number of Topliss-reactive ketones (excluding diaryl/α,β-unsaturated/α-hetero) is 1. The van der Waals surface area contributed by atoms with Crippen molar-refractivity contribution in [2.75, 3.05) is 12.4 Å². The van der Waals surface area contributed by atoms with Gasteiger partial charge in [0.05, 0.1) is 0 Å². The van der Waals surface area contributed by atoms with Crippen LogP contribution in [-0.4, -0.2) is 17.9 Å². The smallest absolute Gasteiger partial charge is 0.227 e. The third-order valence-electron chi connectivity index (χ3n) is 3.54. The summed E-state index contributed by atoms with van der Waals surface area (Å²) in [7, 11) is 1.83. The van der Waals surface area contributed by atoms with Crippen LogP contribution in [0.1, 0.15) is 28.4 Å². The summed E-state index contributed by atoms with van der Waals surface area (Å²) in [6.45, 7) is 3.61. The highest BCUT2D eigenvalue weighted by molar-refractivity contribution is 6.12. The summed E-state index contributed by atoms with van der Waals surface area (Å²) in [4.78, 5) is 12.5. The average molecular weight is 281 g/mol. The van der Waals surface area contributed by atoms with Gasteiger partial charge in [0.15, 0.2) is 5.76 Å². The van der Waals surface area contributed by atoms with Gasteiger partial charge in [0.1, 0.15) is 0 Å². The monoisotopic (exact) mass is 281 g/mol. The minimum atomic E-state index is -0.350. The number of hydrogen-bond donors (Lipinski definition) is 2. The summed E-state index contributed by atoms with van der Waals surface area (Å²) in [5.41, 5.74) is 3.71. The quantitative estimate of drug-likeness (QED) is 0.501. The molecule has 0 fully saturated rings. The second-order valence-corrected chi connectivity index (χ2v) is 4.95. The molecule has 3 nitrogen and oxygen atoms in total. The third-order valence-corrected chi connectivity index (χ3v) is 3.54. The van der Waals surface area contributed by atoms with Gasteiger partial charge in [-0.15, -0.1) is 0 Å². The minimum absolute atomic E-state index is 0.207. The Morgan fingerprint density at radius 1 is 1.10 bits per heavy atom.